The lowest BCUT2D eigenvalue weighted by atomic mass is 10.1. The molecule has 0 spiro atoms. The molecule has 0 atom stereocenters. The van der Waals surface area contributed by atoms with Gasteiger partial charge in [-0.1, -0.05) is 18.2 Å². The topological polar surface area (TPSA) is 134 Å². The second-order valence-electron chi connectivity index (χ2n) is 4.88. The van der Waals surface area contributed by atoms with Crippen molar-refractivity contribution in [1.29, 1.82) is 0 Å². The molecule has 0 fully saturated rings. The van der Waals surface area contributed by atoms with E-state index in [4.69, 9.17) is 10.3 Å². The van der Waals surface area contributed by atoms with E-state index >= 15 is 0 Å². The molecule has 0 amide bonds. The summed E-state index contributed by atoms with van der Waals surface area (Å²) in [6.07, 6.45) is 1.44. The lowest BCUT2D eigenvalue weighted by Gasteiger charge is -2.03. The van der Waals surface area contributed by atoms with Crippen molar-refractivity contribution >= 4 is 18.1 Å². The summed E-state index contributed by atoms with van der Waals surface area (Å²) in [5.41, 5.74) is 3.35. The van der Waals surface area contributed by atoms with Crippen LogP contribution in [0.2, 0.25) is 0 Å². The van der Waals surface area contributed by atoms with E-state index in [0.717, 1.165) is 0 Å². The van der Waals surface area contributed by atoms with Crippen LogP contribution in [0.4, 0.5) is 5.95 Å². The SMILES string of the molecule is Cc1nnc(N/N=C/c2ccc(-c3cccc(C(=O)[O-])c3)o2)n1N. The van der Waals surface area contributed by atoms with Crippen molar-refractivity contribution in [3.63, 3.8) is 0 Å². The van der Waals surface area contributed by atoms with Gasteiger partial charge in [-0.25, -0.2) is 10.1 Å². The van der Waals surface area contributed by atoms with E-state index < -0.39 is 5.97 Å². The number of nitrogen functional groups attached to an aromatic ring is 1. The van der Waals surface area contributed by atoms with Gasteiger partial charge in [0.2, 0.25) is 0 Å². The molecule has 0 saturated heterocycles. The predicted molar refractivity (Wildman–Crippen MR) is 84.6 cm³/mol. The third-order valence-electron chi connectivity index (χ3n) is 3.23. The highest BCUT2D eigenvalue weighted by Gasteiger charge is 2.06. The number of hydrazone groups is 1. The number of rotatable bonds is 5. The molecule has 2 aromatic heterocycles. The van der Waals surface area contributed by atoms with Crippen molar-refractivity contribution in [2.75, 3.05) is 11.3 Å². The number of furan rings is 1. The Bertz CT molecular complexity index is 912. The Morgan fingerprint density at radius 1 is 1.38 bits per heavy atom. The molecule has 3 rings (SSSR count). The number of carbonyl (C=O) groups is 1. The van der Waals surface area contributed by atoms with Crippen LogP contribution in [0.3, 0.4) is 0 Å². The minimum absolute atomic E-state index is 0.0819. The predicted octanol–water partition coefficient (Wildman–Crippen LogP) is 0.370. The fourth-order valence-electron chi connectivity index (χ4n) is 1.98. The lowest BCUT2D eigenvalue weighted by Crippen LogP contribution is -2.22. The minimum atomic E-state index is -1.24. The maximum absolute atomic E-state index is 10.9. The van der Waals surface area contributed by atoms with E-state index in [1.807, 2.05) is 0 Å². The smallest absolute Gasteiger partial charge is 0.263 e. The molecule has 122 valence electrons. The maximum Gasteiger partial charge on any atom is 0.263 e. The monoisotopic (exact) mass is 325 g/mol. The highest BCUT2D eigenvalue weighted by Crippen LogP contribution is 2.22. The summed E-state index contributed by atoms with van der Waals surface area (Å²) in [5.74, 6) is 6.25. The van der Waals surface area contributed by atoms with Crippen LogP contribution in [0.1, 0.15) is 21.9 Å². The number of anilines is 1. The molecule has 0 aliphatic rings. The molecule has 0 unspecified atom stereocenters. The number of carboxylic acids is 1. The van der Waals surface area contributed by atoms with Gasteiger partial charge in [0.1, 0.15) is 11.5 Å². The van der Waals surface area contributed by atoms with Crippen molar-refractivity contribution in [2.45, 2.75) is 6.92 Å². The zero-order chi connectivity index (χ0) is 17.1. The average Bonchev–Trinajstić information content (AvgIpc) is 3.17. The fraction of sp³-hybridized carbons (Fsp3) is 0.0667. The summed E-state index contributed by atoms with van der Waals surface area (Å²) in [7, 11) is 0. The molecular formula is C15H13N6O3-. The van der Waals surface area contributed by atoms with Crippen LogP contribution in [0.5, 0.6) is 0 Å². The van der Waals surface area contributed by atoms with E-state index in [0.29, 0.717) is 22.9 Å². The van der Waals surface area contributed by atoms with E-state index in [1.54, 1.807) is 31.2 Å². The Morgan fingerprint density at radius 2 is 2.21 bits per heavy atom. The van der Waals surface area contributed by atoms with E-state index in [1.165, 1.54) is 23.0 Å². The molecule has 9 heteroatoms. The Morgan fingerprint density at radius 3 is 2.92 bits per heavy atom. The van der Waals surface area contributed by atoms with E-state index in [-0.39, 0.29) is 11.5 Å². The number of benzene rings is 1. The molecule has 3 N–H and O–H groups in total. The van der Waals surface area contributed by atoms with Gasteiger partial charge in [-0.15, -0.1) is 10.2 Å². The highest BCUT2D eigenvalue weighted by molar-refractivity contribution is 5.87. The van der Waals surface area contributed by atoms with Gasteiger partial charge >= 0.3 is 0 Å². The summed E-state index contributed by atoms with van der Waals surface area (Å²) in [4.78, 5) is 10.9. The first kappa shape index (κ1) is 15.3. The van der Waals surface area contributed by atoms with Gasteiger partial charge in [0, 0.05) is 5.56 Å². The van der Waals surface area contributed by atoms with E-state index in [9.17, 15) is 9.90 Å². The largest absolute Gasteiger partial charge is 0.545 e. The van der Waals surface area contributed by atoms with Crippen molar-refractivity contribution in [3.05, 3.63) is 53.5 Å². The van der Waals surface area contributed by atoms with Gasteiger partial charge in [-0.3, -0.25) is 0 Å². The first-order valence-corrected chi connectivity index (χ1v) is 6.92. The van der Waals surface area contributed by atoms with Crippen LogP contribution in [-0.2, 0) is 0 Å². The molecule has 24 heavy (non-hydrogen) atoms. The number of aryl methyl sites for hydroxylation is 1. The molecule has 0 saturated carbocycles. The summed E-state index contributed by atoms with van der Waals surface area (Å²) in [6.45, 7) is 1.71. The van der Waals surface area contributed by atoms with Crippen molar-refractivity contribution in [2.24, 2.45) is 5.10 Å². The molecule has 9 nitrogen and oxygen atoms in total. The van der Waals surface area contributed by atoms with Gasteiger partial charge in [-0.2, -0.15) is 5.10 Å². The van der Waals surface area contributed by atoms with Crippen molar-refractivity contribution < 1.29 is 14.3 Å². The molecule has 0 radical (unpaired) electrons. The maximum atomic E-state index is 10.9. The standard InChI is InChI=1S/C15H14N6O3/c1-9-18-20-15(21(9)16)19-17-8-12-5-6-13(24-12)10-3-2-4-11(7-10)14(22)23/h2-8H,16H2,1H3,(H,19,20)(H,22,23)/p-1/b17-8+. The van der Waals surface area contributed by atoms with Crippen LogP contribution in [0.15, 0.2) is 45.9 Å². The minimum Gasteiger partial charge on any atom is -0.545 e. The number of hydrogen-bond donors (Lipinski definition) is 2. The molecule has 0 aliphatic heterocycles. The number of carboxylic acid groups (broad SMARTS) is 1. The number of carbonyl (C=O) groups excluding carboxylic acids is 1. The second-order valence-corrected chi connectivity index (χ2v) is 4.88. The van der Waals surface area contributed by atoms with Crippen molar-refractivity contribution in [1.82, 2.24) is 14.9 Å². The van der Waals surface area contributed by atoms with Gasteiger partial charge in [0.05, 0.1) is 12.2 Å². The van der Waals surface area contributed by atoms with Gasteiger partial charge in [0.15, 0.2) is 5.82 Å². The summed E-state index contributed by atoms with van der Waals surface area (Å²) >= 11 is 0. The number of nitrogens with one attached hydrogen (secondary N) is 1. The zero-order valence-corrected chi connectivity index (χ0v) is 12.6. The normalized spacial score (nSPS) is 11.0. The van der Waals surface area contributed by atoms with Crippen LogP contribution in [-0.4, -0.2) is 27.1 Å². The van der Waals surface area contributed by atoms with Crippen LogP contribution in [0.25, 0.3) is 11.3 Å². The quantitative estimate of drug-likeness (QED) is 0.393. The first-order chi connectivity index (χ1) is 11.5. The van der Waals surface area contributed by atoms with Gasteiger partial charge < -0.3 is 20.2 Å². The lowest BCUT2D eigenvalue weighted by molar-refractivity contribution is -0.255. The molecule has 0 aliphatic carbocycles. The Kier molecular flexibility index (Phi) is 3.98. The molecule has 2 heterocycles. The summed E-state index contributed by atoms with van der Waals surface area (Å²) in [5, 5.41) is 22.4. The number of nitrogens with zero attached hydrogens (tertiary/aromatic N) is 4. The molecule has 0 bridgehead atoms. The third kappa shape index (κ3) is 3.09. The molecule has 3 aromatic rings. The highest BCUT2D eigenvalue weighted by atomic mass is 16.4. The Balaban J connectivity index is 1.73. The third-order valence-corrected chi connectivity index (χ3v) is 3.23. The van der Waals surface area contributed by atoms with Crippen molar-refractivity contribution in [3.8, 4) is 11.3 Å². The number of aromatic carboxylic acids is 1. The molecular weight excluding hydrogens is 312 g/mol. The molecule has 1 aromatic carbocycles. The van der Waals surface area contributed by atoms with Crippen LogP contribution in [0, 0.1) is 6.92 Å². The number of hydrogen-bond acceptors (Lipinski definition) is 8. The fourth-order valence-corrected chi connectivity index (χ4v) is 1.98. The first-order valence-electron chi connectivity index (χ1n) is 6.92. The average molecular weight is 325 g/mol. The number of nitrogens with two attached hydrogens (primary N) is 1. The second kappa shape index (κ2) is 6.24. The summed E-state index contributed by atoms with van der Waals surface area (Å²) in [6, 6.07) is 9.71. The van der Waals surface area contributed by atoms with E-state index in [2.05, 4.69) is 20.7 Å². The van der Waals surface area contributed by atoms with Crippen LogP contribution < -0.4 is 16.4 Å². The summed E-state index contributed by atoms with van der Waals surface area (Å²) < 4.78 is 6.86. The van der Waals surface area contributed by atoms with Gasteiger partial charge in [-0.05, 0) is 30.7 Å². The van der Waals surface area contributed by atoms with Gasteiger partial charge in [0.25, 0.3) is 5.95 Å². The van der Waals surface area contributed by atoms with Crippen LogP contribution >= 0.6 is 0 Å². The Labute approximate surface area is 136 Å². The zero-order valence-electron chi connectivity index (χ0n) is 12.6. The Hall–Kier alpha value is -3.62. The number of aromatic nitrogens is 3.